The Morgan fingerprint density at radius 1 is 1.32 bits per heavy atom. The van der Waals surface area contributed by atoms with Crippen molar-refractivity contribution in [3.05, 3.63) is 39.9 Å². The third-order valence-corrected chi connectivity index (χ3v) is 3.81. The molecule has 2 rings (SSSR count). The highest BCUT2D eigenvalue weighted by atomic mass is 16.7. The first-order chi connectivity index (χ1) is 11.8. The molecule has 1 fully saturated rings. The Morgan fingerprint density at radius 2 is 1.96 bits per heavy atom. The number of ether oxygens (including phenoxy) is 2. The summed E-state index contributed by atoms with van der Waals surface area (Å²) in [6.45, 7) is 0.687. The Labute approximate surface area is 143 Å². The molecule has 0 aromatic heterocycles. The highest BCUT2D eigenvalue weighted by molar-refractivity contribution is 5.73. The molecule has 1 heterocycles. The molecule has 1 saturated heterocycles. The fraction of sp³-hybridized carbons (Fsp3) is 0.533. The smallest absolute Gasteiger partial charge is 0.269 e. The molecule has 0 bridgehead atoms. The fourth-order valence-corrected chi connectivity index (χ4v) is 2.51. The normalized spacial score (nSPS) is 29.2. The van der Waals surface area contributed by atoms with Crippen LogP contribution in [0.25, 0.3) is 0 Å². The molecule has 1 aromatic rings. The van der Waals surface area contributed by atoms with Crippen LogP contribution in [0.2, 0.25) is 0 Å². The number of non-ortho nitro benzene ring substituents is 1. The third-order valence-electron chi connectivity index (χ3n) is 3.81. The van der Waals surface area contributed by atoms with Crippen LogP contribution >= 0.6 is 0 Å². The number of hydrogen-bond acceptors (Lipinski definition) is 8. The minimum absolute atomic E-state index is 0.0142. The molecule has 138 valence electrons. The lowest BCUT2D eigenvalue weighted by Crippen LogP contribution is -2.64. The average Bonchev–Trinajstić information content (AvgIpc) is 2.58. The number of aliphatic hydroxyl groups is 3. The number of aliphatic hydroxyl groups excluding tert-OH is 3. The third kappa shape index (κ3) is 4.71. The molecule has 10 nitrogen and oxygen atoms in total. The second-order valence-corrected chi connectivity index (χ2v) is 5.67. The van der Waals surface area contributed by atoms with E-state index in [-0.39, 0.29) is 12.3 Å². The van der Waals surface area contributed by atoms with Crippen molar-refractivity contribution in [2.45, 2.75) is 44.2 Å². The standard InChI is InChI=1S/C15H20N2O8/c1-8(19)16-12-14(21)13(20)11(6-18)25-15(12)24-7-9-2-4-10(5-3-9)17(22)23/h2-5,11-15,18,20-21H,6-7H2,1H3,(H,16,19)/t11-,12-,13-,14-,15-/m1/s1. The van der Waals surface area contributed by atoms with E-state index in [0.29, 0.717) is 5.56 Å². The zero-order chi connectivity index (χ0) is 18.6. The van der Waals surface area contributed by atoms with E-state index in [9.17, 15) is 30.2 Å². The highest BCUT2D eigenvalue weighted by Crippen LogP contribution is 2.23. The molecule has 0 radical (unpaired) electrons. The topological polar surface area (TPSA) is 151 Å². The van der Waals surface area contributed by atoms with Crippen molar-refractivity contribution in [2.75, 3.05) is 6.61 Å². The Morgan fingerprint density at radius 3 is 2.48 bits per heavy atom. The molecule has 1 aliphatic rings. The lowest BCUT2D eigenvalue weighted by atomic mass is 9.97. The van der Waals surface area contributed by atoms with Gasteiger partial charge in [-0.25, -0.2) is 0 Å². The zero-order valence-electron chi connectivity index (χ0n) is 13.4. The molecule has 25 heavy (non-hydrogen) atoms. The molecule has 0 saturated carbocycles. The number of carbonyl (C=O) groups excluding carboxylic acids is 1. The molecule has 1 amide bonds. The molecular weight excluding hydrogens is 336 g/mol. The maximum atomic E-state index is 11.3. The molecular formula is C15H20N2O8. The summed E-state index contributed by atoms with van der Waals surface area (Å²) >= 11 is 0. The lowest BCUT2D eigenvalue weighted by molar-refractivity contribution is -0.384. The van der Waals surface area contributed by atoms with Gasteiger partial charge in [0.15, 0.2) is 6.29 Å². The number of nitro benzene ring substituents is 1. The van der Waals surface area contributed by atoms with Crippen LogP contribution in [0.5, 0.6) is 0 Å². The van der Waals surface area contributed by atoms with E-state index in [1.807, 2.05) is 0 Å². The van der Waals surface area contributed by atoms with E-state index in [1.54, 1.807) is 0 Å². The Balaban J connectivity index is 2.07. The Bertz CT molecular complexity index is 608. The first-order valence-electron chi connectivity index (χ1n) is 7.58. The van der Waals surface area contributed by atoms with Gasteiger partial charge in [0.25, 0.3) is 5.69 Å². The minimum atomic E-state index is -1.39. The molecule has 0 unspecified atom stereocenters. The van der Waals surface area contributed by atoms with Crippen LogP contribution in [0.1, 0.15) is 12.5 Å². The maximum Gasteiger partial charge on any atom is 0.269 e. The van der Waals surface area contributed by atoms with Gasteiger partial charge in [-0.2, -0.15) is 0 Å². The van der Waals surface area contributed by atoms with Crippen LogP contribution < -0.4 is 5.32 Å². The van der Waals surface area contributed by atoms with Crippen LogP contribution in [0.15, 0.2) is 24.3 Å². The van der Waals surface area contributed by atoms with Crippen molar-refractivity contribution in [1.82, 2.24) is 5.32 Å². The van der Waals surface area contributed by atoms with Gasteiger partial charge in [0.2, 0.25) is 5.91 Å². The number of hydrogen-bond donors (Lipinski definition) is 4. The summed E-state index contributed by atoms with van der Waals surface area (Å²) in [5.74, 6) is -0.453. The summed E-state index contributed by atoms with van der Waals surface area (Å²) in [6.07, 6.45) is -4.96. The zero-order valence-corrected chi connectivity index (χ0v) is 13.4. The molecule has 0 spiro atoms. The lowest BCUT2D eigenvalue weighted by Gasteiger charge is -2.42. The van der Waals surface area contributed by atoms with Crippen molar-refractivity contribution in [1.29, 1.82) is 0 Å². The molecule has 1 aromatic carbocycles. The van der Waals surface area contributed by atoms with E-state index >= 15 is 0 Å². The average molecular weight is 356 g/mol. The largest absolute Gasteiger partial charge is 0.394 e. The van der Waals surface area contributed by atoms with Gasteiger partial charge in [0.05, 0.1) is 18.1 Å². The van der Waals surface area contributed by atoms with Gasteiger partial charge in [-0.15, -0.1) is 0 Å². The van der Waals surface area contributed by atoms with Crippen molar-refractivity contribution < 1.29 is 34.5 Å². The van der Waals surface area contributed by atoms with Crippen LogP contribution in [-0.2, 0) is 20.9 Å². The maximum absolute atomic E-state index is 11.3. The molecule has 10 heteroatoms. The van der Waals surface area contributed by atoms with Gasteiger partial charge in [-0.3, -0.25) is 14.9 Å². The van der Waals surface area contributed by atoms with E-state index in [4.69, 9.17) is 9.47 Å². The van der Waals surface area contributed by atoms with Crippen LogP contribution in [0, 0.1) is 10.1 Å². The summed E-state index contributed by atoms with van der Waals surface area (Å²) in [5.41, 5.74) is 0.546. The summed E-state index contributed by atoms with van der Waals surface area (Å²) in [5, 5.41) is 42.4. The van der Waals surface area contributed by atoms with Crippen molar-refractivity contribution >= 4 is 11.6 Å². The second kappa shape index (κ2) is 8.32. The summed E-state index contributed by atoms with van der Waals surface area (Å²) in [4.78, 5) is 21.4. The van der Waals surface area contributed by atoms with Gasteiger partial charge in [-0.1, -0.05) is 0 Å². The van der Waals surface area contributed by atoms with Crippen molar-refractivity contribution in [2.24, 2.45) is 0 Å². The summed E-state index contributed by atoms with van der Waals surface area (Å²) in [6, 6.07) is 4.61. The van der Waals surface area contributed by atoms with Crippen molar-refractivity contribution in [3.8, 4) is 0 Å². The van der Waals surface area contributed by atoms with Crippen molar-refractivity contribution in [3.63, 3.8) is 0 Å². The number of carbonyl (C=O) groups is 1. The van der Waals surface area contributed by atoms with Gasteiger partial charge in [0.1, 0.15) is 24.4 Å². The number of nitrogens with zero attached hydrogens (tertiary/aromatic N) is 1. The Kier molecular flexibility index (Phi) is 6.39. The highest BCUT2D eigenvalue weighted by Gasteiger charge is 2.45. The summed E-state index contributed by atoms with van der Waals surface area (Å²) in [7, 11) is 0. The quantitative estimate of drug-likeness (QED) is 0.376. The van der Waals surface area contributed by atoms with E-state index in [1.165, 1.54) is 31.2 Å². The van der Waals surface area contributed by atoms with E-state index in [2.05, 4.69) is 5.32 Å². The first kappa shape index (κ1) is 19.2. The predicted octanol–water partition coefficient (Wildman–Crippen LogP) is -0.945. The fourth-order valence-electron chi connectivity index (χ4n) is 2.51. The van der Waals surface area contributed by atoms with Crippen LogP contribution in [-0.4, -0.2) is 63.4 Å². The minimum Gasteiger partial charge on any atom is -0.394 e. The van der Waals surface area contributed by atoms with Crippen LogP contribution in [0.4, 0.5) is 5.69 Å². The second-order valence-electron chi connectivity index (χ2n) is 5.67. The van der Waals surface area contributed by atoms with E-state index in [0.717, 1.165) is 0 Å². The number of rotatable bonds is 6. The first-order valence-corrected chi connectivity index (χ1v) is 7.58. The molecule has 5 atom stereocenters. The Hall–Kier alpha value is -2.11. The monoisotopic (exact) mass is 356 g/mol. The van der Waals surface area contributed by atoms with Gasteiger partial charge in [-0.05, 0) is 17.7 Å². The molecule has 4 N–H and O–H groups in total. The van der Waals surface area contributed by atoms with E-state index < -0.39 is 48.1 Å². The molecule has 0 aliphatic carbocycles. The number of nitrogens with one attached hydrogen (secondary N) is 1. The van der Waals surface area contributed by atoms with Crippen LogP contribution in [0.3, 0.4) is 0 Å². The van der Waals surface area contributed by atoms with Gasteiger partial charge >= 0.3 is 0 Å². The van der Waals surface area contributed by atoms with Gasteiger partial charge in [0, 0.05) is 19.1 Å². The summed E-state index contributed by atoms with van der Waals surface area (Å²) < 4.78 is 11.0. The number of benzene rings is 1. The predicted molar refractivity (Wildman–Crippen MR) is 83.3 cm³/mol. The number of amides is 1. The van der Waals surface area contributed by atoms with Gasteiger partial charge < -0.3 is 30.1 Å². The molecule has 1 aliphatic heterocycles. The number of nitro groups is 1. The SMILES string of the molecule is CC(=O)N[C@H]1[C@H](OCc2ccc([N+](=O)[O-])cc2)O[C@H](CO)[C@@H](O)[C@@H]1O.